The number of hydrazine groups is 1. The number of ether oxygens (including phenoxy) is 2. The van der Waals surface area contributed by atoms with Crippen LogP contribution in [0.1, 0.15) is 31.9 Å². The third-order valence-electron chi connectivity index (χ3n) is 4.28. The summed E-state index contributed by atoms with van der Waals surface area (Å²) in [6.45, 7) is 7.03. The third-order valence-corrected chi connectivity index (χ3v) is 4.28. The quantitative estimate of drug-likeness (QED) is 0.514. The summed E-state index contributed by atoms with van der Waals surface area (Å²) in [6, 6.07) is 12.0. The van der Waals surface area contributed by atoms with Gasteiger partial charge in [-0.05, 0) is 51.0 Å². The molecule has 7 nitrogen and oxygen atoms in total. The van der Waals surface area contributed by atoms with Gasteiger partial charge in [-0.2, -0.15) is 0 Å². The van der Waals surface area contributed by atoms with Gasteiger partial charge in [-0.25, -0.2) is 19.0 Å². The molecule has 0 aromatic heterocycles. The average Bonchev–Trinajstić information content (AvgIpc) is 2.68. The number of aliphatic hydroxyl groups excluding tert-OH is 1. The molecule has 0 saturated carbocycles. The number of halogens is 1. The van der Waals surface area contributed by atoms with Crippen LogP contribution in [0.2, 0.25) is 0 Å². The fourth-order valence-electron chi connectivity index (χ4n) is 2.87. The van der Waals surface area contributed by atoms with Crippen LogP contribution in [0, 0.1) is 12.7 Å². The van der Waals surface area contributed by atoms with Gasteiger partial charge in [0.2, 0.25) is 0 Å². The molecule has 2 N–H and O–H groups in total. The lowest BCUT2D eigenvalue weighted by Crippen LogP contribution is -2.48. The maximum Gasteiger partial charge on any atom is 0.422 e. The number of hydrogen-bond donors (Lipinski definition) is 2. The number of aryl methyl sites for hydroxylation is 1. The van der Waals surface area contributed by atoms with Crippen LogP contribution < -0.4 is 5.43 Å². The smallest absolute Gasteiger partial charge is 0.422 e. The molecule has 0 aliphatic rings. The van der Waals surface area contributed by atoms with Crippen LogP contribution in [0.3, 0.4) is 0 Å². The van der Waals surface area contributed by atoms with Crippen molar-refractivity contribution in [3.63, 3.8) is 0 Å². The van der Waals surface area contributed by atoms with E-state index in [-0.39, 0.29) is 18.9 Å². The van der Waals surface area contributed by atoms with Crippen molar-refractivity contribution < 1.29 is 28.6 Å². The lowest BCUT2D eigenvalue weighted by Gasteiger charge is -2.27. The minimum Gasteiger partial charge on any atom is -0.467 e. The average molecular weight is 432 g/mol. The van der Waals surface area contributed by atoms with Gasteiger partial charge < -0.3 is 14.6 Å². The van der Waals surface area contributed by atoms with E-state index < -0.39 is 23.8 Å². The molecule has 2 rings (SSSR count). The molecule has 0 spiro atoms. The van der Waals surface area contributed by atoms with Crippen molar-refractivity contribution in [2.45, 2.75) is 45.9 Å². The maximum absolute atomic E-state index is 14.2. The molecule has 1 amide bonds. The van der Waals surface area contributed by atoms with Gasteiger partial charge in [0.25, 0.3) is 0 Å². The van der Waals surface area contributed by atoms with Gasteiger partial charge in [0, 0.05) is 12.1 Å². The van der Waals surface area contributed by atoms with E-state index >= 15 is 0 Å². The highest BCUT2D eigenvalue weighted by Gasteiger charge is 2.23. The largest absolute Gasteiger partial charge is 0.467 e. The predicted molar refractivity (Wildman–Crippen MR) is 114 cm³/mol. The molecule has 0 aliphatic carbocycles. The molecule has 0 fully saturated rings. The van der Waals surface area contributed by atoms with E-state index in [1.807, 2.05) is 6.92 Å². The number of benzene rings is 2. The summed E-state index contributed by atoms with van der Waals surface area (Å²) in [7, 11) is 1.17. The molecule has 8 heteroatoms. The van der Waals surface area contributed by atoms with Gasteiger partial charge in [0.05, 0.1) is 13.7 Å². The summed E-state index contributed by atoms with van der Waals surface area (Å²) < 4.78 is 23.9. The molecule has 168 valence electrons. The second-order valence-corrected chi connectivity index (χ2v) is 8.21. The van der Waals surface area contributed by atoms with Gasteiger partial charge in [-0.3, -0.25) is 5.43 Å². The molecule has 0 saturated heterocycles. The van der Waals surface area contributed by atoms with E-state index in [1.54, 1.807) is 57.2 Å². The summed E-state index contributed by atoms with van der Waals surface area (Å²) in [5, 5.41) is 11.4. The van der Waals surface area contributed by atoms with Gasteiger partial charge in [0.1, 0.15) is 11.4 Å². The number of carbonyl (C=O) groups is 2. The summed E-state index contributed by atoms with van der Waals surface area (Å²) >= 11 is 0. The Morgan fingerprint density at radius 3 is 2.39 bits per heavy atom. The first-order chi connectivity index (χ1) is 14.5. The Balaban J connectivity index is 2.17. The van der Waals surface area contributed by atoms with E-state index in [0.29, 0.717) is 11.1 Å². The molecular weight excluding hydrogens is 403 g/mol. The minimum atomic E-state index is -1.46. The van der Waals surface area contributed by atoms with Crippen LogP contribution in [-0.2, 0) is 20.8 Å². The topological polar surface area (TPSA) is 88.1 Å². The molecule has 0 radical (unpaired) electrons. The Kier molecular flexibility index (Phi) is 8.13. The van der Waals surface area contributed by atoms with Crippen molar-refractivity contribution in [3.05, 3.63) is 59.4 Å². The number of esters is 1. The zero-order valence-electron chi connectivity index (χ0n) is 18.4. The van der Waals surface area contributed by atoms with Crippen molar-refractivity contribution in [1.29, 1.82) is 0 Å². The van der Waals surface area contributed by atoms with E-state index in [0.717, 1.165) is 11.1 Å². The van der Waals surface area contributed by atoms with Crippen LogP contribution in [-0.4, -0.2) is 47.5 Å². The van der Waals surface area contributed by atoms with Crippen molar-refractivity contribution in [2.75, 3.05) is 13.7 Å². The Morgan fingerprint density at radius 2 is 1.81 bits per heavy atom. The summed E-state index contributed by atoms with van der Waals surface area (Å²) in [5.41, 5.74) is 4.76. The standard InChI is InChI=1S/C23H29FN2O5/c1-15-6-11-19(24)18(12-15)17-9-7-16(8-10-17)13-26(14-20(27)21(28)30-5)25-22(29)31-23(2,3)4/h6-12,20,27H,13-14H2,1-5H3,(H,25,29)/t20-/m1/s1. The second kappa shape index (κ2) is 10.4. The Morgan fingerprint density at radius 1 is 1.16 bits per heavy atom. The molecule has 0 bridgehead atoms. The van der Waals surface area contributed by atoms with Crippen molar-refractivity contribution in [2.24, 2.45) is 0 Å². The number of methoxy groups -OCH3 is 1. The van der Waals surface area contributed by atoms with E-state index in [2.05, 4.69) is 10.2 Å². The lowest BCUT2D eigenvalue weighted by atomic mass is 10.0. The molecular formula is C23H29FN2O5. The highest BCUT2D eigenvalue weighted by atomic mass is 19.1. The number of carbonyl (C=O) groups excluding carboxylic acids is 2. The van der Waals surface area contributed by atoms with Gasteiger partial charge in [-0.15, -0.1) is 0 Å². The van der Waals surface area contributed by atoms with E-state index in [1.165, 1.54) is 18.2 Å². The molecule has 0 unspecified atom stereocenters. The fourth-order valence-corrected chi connectivity index (χ4v) is 2.87. The number of rotatable bonds is 7. The summed E-state index contributed by atoms with van der Waals surface area (Å²) in [5.74, 6) is -1.13. The second-order valence-electron chi connectivity index (χ2n) is 8.21. The molecule has 0 aliphatic heterocycles. The number of amides is 1. The van der Waals surface area contributed by atoms with Crippen molar-refractivity contribution in [3.8, 4) is 11.1 Å². The predicted octanol–water partition coefficient (Wildman–Crippen LogP) is 3.58. The maximum atomic E-state index is 14.2. The summed E-state index contributed by atoms with van der Waals surface area (Å²) in [4.78, 5) is 23.8. The zero-order valence-corrected chi connectivity index (χ0v) is 18.4. The lowest BCUT2D eigenvalue weighted by molar-refractivity contribution is -0.152. The zero-order chi connectivity index (χ0) is 23.2. The fraction of sp³-hybridized carbons (Fsp3) is 0.391. The molecule has 0 heterocycles. The number of nitrogens with one attached hydrogen (secondary N) is 1. The Bertz CT molecular complexity index is 909. The molecule has 2 aromatic carbocycles. The molecule has 1 atom stereocenters. The normalized spacial score (nSPS) is 12.4. The van der Waals surface area contributed by atoms with Crippen molar-refractivity contribution >= 4 is 12.1 Å². The molecule has 31 heavy (non-hydrogen) atoms. The Labute approximate surface area is 181 Å². The molecule has 2 aromatic rings. The van der Waals surface area contributed by atoms with Crippen LogP contribution >= 0.6 is 0 Å². The van der Waals surface area contributed by atoms with Crippen LogP contribution in [0.5, 0.6) is 0 Å². The first kappa shape index (κ1) is 24.3. The number of hydrogen-bond acceptors (Lipinski definition) is 6. The first-order valence-corrected chi connectivity index (χ1v) is 9.84. The van der Waals surface area contributed by atoms with Gasteiger partial charge in [-0.1, -0.05) is 35.9 Å². The van der Waals surface area contributed by atoms with Crippen molar-refractivity contribution in [1.82, 2.24) is 10.4 Å². The minimum absolute atomic E-state index is 0.171. The van der Waals surface area contributed by atoms with Gasteiger partial charge in [0.15, 0.2) is 6.10 Å². The Hall–Kier alpha value is -2.97. The monoisotopic (exact) mass is 432 g/mol. The SMILES string of the molecule is COC(=O)[C@H](O)CN(Cc1ccc(-c2cc(C)ccc2F)cc1)NC(=O)OC(C)(C)C. The van der Waals surface area contributed by atoms with Crippen LogP contribution in [0.25, 0.3) is 11.1 Å². The highest BCUT2D eigenvalue weighted by molar-refractivity contribution is 5.74. The third kappa shape index (κ3) is 7.66. The first-order valence-electron chi connectivity index (χ1n) is 9.84. The summed E-state index contributed by atoms with van der Waals surface area (Å²) in [6.07, 6.45) is -2.18. The van der Waals surface area contributed by atoms with Gasteiger partial charge >= 0.3 is 12.1 Å². The highest BCUT2D eigenvalue weighted by Crippen LogP contribution is 2.24. The van der Waals surface area contributed by atoms with E-state index in [4.69, 9.17) is 4.74 Å². The van der Waals surface area contributed by atoms with Crippen LogP contribution in [0.15, 0.2) is 42.5 Å². The van der Waals surface area contributed by atoms with Crippen LogP contribution in [0.4, 0.5) is 9.18 Å². The van der Waals surface area contributed by atoms with E-state index in [9.17, 15) is 19.1 Å². The number of nitrogens with zero attached hydrogens (tertiary/aromatic N) is 1. The number of aliphatic hydroxyl groups is 1.